The summed E-state index contributed by atoms with van der Waals surface area (Å²) in [5.74, 6) is 0.927. The Morgan fingerprint density at radius 1 is 1.19 bits per heavy atom. The van der Waals surface area contributed by atoms with Crippen molar-refractivity contribution in [3.8, 4) is 0 Å². The van der Waals surface area contributed by atoms with Gasteiger partial charge in [-0.15, -0.1) is 0 Å². The van der Waals surface area contributed by atoms with Gasteiger partial charge in [0.25, 0.3) is 0 Å². The topological polar surface area (TPSA) is 24.9 Å². The Balaban J connectivity index is 1.56. The minimum atomic E-state index is 0.343. The molecule has 2 nitrogen and oxygen atoms in total. The predicted octanol–water partition coefficient (Wildman–Crippen LogP) is 4.57. The van der Waals surface area contributed by atoms with E-state index in [-0.39, 0.29) is 0 Å². The first-order chi connectivity index (χ1) is 9.90. The maximum Gasteiger partial charge on any atom is 0.0634 e. The van der Waals surface area contributed by atoms with Gasteiger partial charge in [0.1, 0.15) is 0 Å². The van der Waals surface area contributed by atoms with Crippen LogP contribution >= 0.6 is 11.6 Å². The fourth-order valence-electron chi connectivity index (χ4n) is 6.47. The van der Waals surface area contributed by atoms with Crippen LogP contribution in [0.1, 0.15) is 57.9 Å². The van der Waals surface area contributed by atoms with Gasteiger partial charge >= 0.3 is 0 Å². The highest BCUT2D eigenvalue weighted by molar-refractivity contribution is 6.31. The number of rotatable bonds is 3. The van der Waals surface area contributed by atoms with E-state index in [0.29, 0.717) is 16.4 Å². The summed E-state index contributed by atoms with van der Waals surface area (Å²) in [4.78, 5) is 4.08. The van der Waals surface area contributed by atoms with Crippen molar-refractivity contribution in [2.24, 2.45) is 16.7 Å². The molecule has 0 saturated heterocycles. The Hall–Kier alpha value is -0.600. The largest absolute Gasteiger partial charge is 0.307 e. The summed E-state index contributed by atoms with van der Waals surface area (Å²) < 4.78 is 0. The van der Waals surface area contributed by atoms with Gasteiger partial charge in [0, 0.05) is 24.5 Å². The van der Waals surface area contributed by atoms with E-state index >= 15 is 0 Å². The zero-order valence-electron chi connectivity index (χ0n) is 13.1. The monoisotopic (exact) mass is 304 g/mol. The fraction of sp³-hybridized carbons (Fsp3) is 0.722. The number of hydrogen-bond acceptors (Lipinski definition) is 2. The van der Waals surface area contributed by atoms with Crippen molar-refractivity contribution in [2.45, 2.75) is 64.5 Å². The van der Waals surface area contributed by atoms with Gasteiger partial charge in [-0.25, -0.2) is 0 Å². The van der Waals surface area contributed by atoms with E-state index in [9.17, 15) is 0 Å². The molecular weight excluding hydrogens is 280 g/mol. The molecular formula is C18H25ClN2. The number of nitrogens with zero attached hydrogens (tertiary/aromatic N) is 1. The van der Waals surface area contributed by atoms with Crippen LogP contribution in [0.4, 0.5) is 0 Å². The van der Waals surface area contributed by atoms with Crippen molar-refractivity contribution in [1.29, 1.82) is 0 Å². The van der Waals surface area contributed by atoms with Crippen molar-refractivity contribution in [3.05, 3.63) is 29.0 Å². The van der Waals surface area contributed by atoms with Crippen LogP contribution in [0.3, 0.4) is 0 Å². The molecule has 4 bridgehead atoms. The van der Waals surface area contributed by atoms with Crippen molar-refractivity contribution in [3.63, 3.8) is 0 Å². The second kappa shape index (κ2) is 4.45. The van der Waals surface area contributed by atoms with E-state index in [2.05, 4.69) is 24.1 Å². The second-order valence-electron chi connectivity index (χ2n) is 8.73. The summed E-state index contributed by atoms with van der Waals surface area (Å²) in [7, 11) is 0. The molecule has 4 aliphatic carbocycles. The van der Waals surface area contributed by atoms with Crippen molar-refractivity contribution >= 4 is 11.6 Å². The Labute approximate surface area is 132 Å². The van der Waals surface area contributed by atoms with Gasteiger partial charge in [-0.05, 0) is 66.9 Å². The maximum atomic E-state index is 6.26. The number of hydrogen-bond donors (Lipinski definition) is 1. The average molecular weight is 305 g/mol. The molecule has 1 N–H and O–H groups in total. The van der Waals surface area contributed by atoms with Crippen LogP contribution in [-0.4, -0.2) is 10.5 Å². The Bertz CT molecular complexity index is 552. The highest BCUT2D eigenvalue weighted by atomic mass is 35.5. The van der Waals surface area contributed by atoms with Crippen LogP contribution in [0.25, 0.3) is 0 Å². The summed E-state index contributed by atoms with van der Waals surface area (Å²) in [6.45, 7) is 5.91. The lowest BCUT2D eigenvalue weighted by Gasteiger charge is -2.65. The third-order valence-corrected chi connectivity index (χ3v) is 6.48. The third-order valence-electron chi connectivity index (χ3n) is 6.14. The van der Waals surface area contributed by atoms with E-state index < -0.39 is 0 Å². The van der Waals surface area contributed by atoms with Crippen LogP contribution < -0.4 is 5.32 Å². The minimum Gasteiger partial charge on any atom is -0.307 e. The number of nitrogens with one attached hydrogen (secondary N) is 1. The van der Waals surface area contributed by atoms with E-state index in [1.54, 1.807) is 6.20 Å². The van der Waals surface area contributed by atoms with Gasteiger partial charge in [0.2, 0.25) is 0 Å². The lowest BCUT2D eigenvalue weighted by Crippen LogP contribution is -2.63. The zero-order valence-corrected chi connectivity index (χ0v) is 13.8. The molecule has 4 fully saturated rings. The molecule has 1 aromatic rings. The molecule has 114 valence electrons. The van der Waals surface area contributed by atoms with Crippen molar-refractivity contribution < 1.29 is 0 Å². The molecule has 2 atom stereocenters. The Morgan fingerprint density at radius 2 is 1.90 bits per heavy atom. The molecule has 2 unspecified atom stereocenters. The fourth-order valence-corrected chi connectivity index (χ4v) is 6.66. The molecule has 0 radical (unpaired) electrons. The molecule has 4 aliphatic rings. The molecule has 4 saturated carbocycles. The smallest absolute Gasteiger partial charge is 0.0634 e. The molecule has 0 amide bonds. The first kappa shape index (κ1) is 14.0. The lowest BCUT2D eigenvalue weighted by atomic mass is 9.43. The van der Waals surface area contributed by atoms with Crippen LogP contribution in [0.5, 0.6) is 0 Å². The summed E-state index contributed by atoms with van der Waals surface area (Å²) in [6, 6.07) is 2.04. The summed E-state index contributed by atoms with van der Waals surface area (Å²) >= 11 is 6.26. The highest BCUT2D eigenvalue weighted by Crippen LogP contribution is 2.66. The van der Waals surface area contributed by atoms with Crippen molar-refractivity contribution in [2.75, 3.05) is 0 Å². The van der Waals surface area contributed by atoms with Gasteiger partial charge < -0.3 is 5.32 Å². The van der Waals surface area contributed by atoms with Gasteiger partial charge in [-0.2, -0.15) is 0 Å². The number of pyridine rings is 1. The number of halogens is 1. The van der Waals surface area contributed by atoms with Gasteiger partial charge in [-0.3, -0.25) is 4.98 Å². The third kappa shape index (κ3) is 2.41. The number of aromatic nitrogens is 1. The minimum absolute atomic E-state index is 0.343. The van der Waals surface area contributed by atoms with Crippen LogP contribution in [-0.2, 0) is 6.54 Å². The van der Waals surface area contributed by atoms with E-state index in [4.69, 9.17) is 11.6 Å². The maximum absolute atomic E-state index is 6.26. The van der Waals surface area contributed by atoms with Gasteiger partial charge in [0.15, 0.2) is 0 Å². The Morgan fingerprint density at radius 3 is 2.52 bits per heavy atom. The van der Waals surface area contributed by atoms with Gasteiger partial charge in [0.05, 0.1) is 5.02 Å². The standard InChI is InChI=1S/C18H25ClN2/c1-16-5-13-6-17(2,10-16)12-18(7-13,11-16)21-8-14-3-4-20-9-15(14)19/h3-4,9,13,21H,5-8,10-12H2,1-2H3. The van der Waals surface area contributed by atoms with Crippen LogP contribution in [0, 0.1) is 16.7 Å². The zero-order chi connectivity index (χ0) is 14.7. The van der Waals surface area contributed by atoms with Gasteiger partial charge in [-0.1, -0.05) is 25.4 Å². The van der Waals surface area contributed by atoms with E-state index in [1.807, 2.05) is 12.3 Å². The molecule has 0 aromatic carbocycles. The molecule has 1 heterocycles. The molecule has 3 heteroatoms. The molecule has 1 aromatic heterocycles. The molecule has 21 heavy (non-hydrogen) atoms. The molecule has 0 aliphatic heterocycles. The normalized spacial score (nSPS) is 44.2. The second-order valence-corrected chi connectivity index (χ2v) is 9.14. The lowest BCUT2D eigenvalue weighted by molar-refractivity contribution is -0.118. The first-order valence-corrected chi connectivity index (χ1v) is 8.61. The highest BCUT2D eigenvalue weighted by Gasteiger charge is 2.59. The van der Waals surface area contributed by atoms with E-state index in [0.717, 1.165) is 17.5 Å². The van der Waals surface area contributed by atoms with Crippen LogP contribution in [0.15, 0.2) is 18.5 Å². The van der Waals surface area contributed by atoms with Crippen LogP contribution in [0.2, 0.25) is 5.02 Å². The summed E-state index contributed by atoms with van der Waals surface area (Å²) in [5, 5.41) is 4.71. The average Bonchev–Trinajstić information content (AvgIpc) is 2.33. The first-order valence-electron chi connectivity index (χ1n) is 8.23. The predicted molar refractivity (Wildman–Crippen MR) is 86.2 cm³/mol. The molecule has 5 rings (SSSR count). The van der Waals surface area contributed by atoms with Crippen molar-refractivity contribution in [1.82, 2.24) is 10.3 Å². The van der Waals surface area contributed by atoms with E-state index in [1.165, 1.54) is 44.1 Å². The summed E-state index contributed by atoms with van der Waals surface area (Å²) in [5.41, 5.74) is 2.64. The SMILES string of the molecule is CC12CC3CC(C)(C1)CC(NCc1ccncc1Cl)(C3)C2. The summed E-state index contributed by atoms with van der Waals surface area (Å²) in [6.07, 6.45) is 12.0. The quantitative estimate of drug-likeness (QED) is 0.884. The molecule has 0 spiro atoms. The Kier molecular flexibility index (Phi) is 2.97.